The van der Waals surface area contributed by atoms with E-state index in [4.69, 9.17) is 4.43 Å². The van der Waals surface area contributed by atoms with E-state index in [0.717, 1.165) is 12.5 Å². The molecule has 0 saturated heterocycles. The molecule has 0 bridgehead atoms. The molecule has 0 aliphatic heterocycles. The Balaban J connectivity index is 3.19. The second-order valence-corrected chi connectivity index (χ2v) is 10.0. The Morgan fingerprint density at radius 3 is 1.84 bits per heavy atom. The van der Waals surface area contributed by atoms with Crippen molar-refractivity contribution in [3.05, 3.63) is 0 Å². The minimum absolute atomic E-state index is 0.366. The Hall–Kier alpha value is 0.657. The third-order valence-corrected chi connectivity index (χ3v) is 6.82. The molecule has 0 rings (SSSR count). The molecule has 0 fully saturated rings. The van der Waals surface area contributed by atoms with E-state index in [0.29, 0.717) is 5.04 Å². The molecular weight excluding hydrogens is 316 g/mol. The largest absolute Gasteiger partial charge is 0.423 e. The van der Waals surface area contributed by atoms with Crippen LogP contribution in [-0.2, 0) is 4.43 Å². The fourth-order valence-corrected chi connectivity index (χ4v) is 3.47. The molecule has 19 heavy (non-hydrogen) atoms. The van der Waals surface area contributed by atoms with Gasteiger partial charge < -0.3 is 4.43 Å². The van der Waals surface area contributed by atoms with Crippen molar-refractivity contribution in [2.24, 2.45) is 5.92 Å². The molecule has 0 heterocycles. The molecule has 0 amide bonds. The molecule has 0 aromatic carbocycles. The third-order valence-electron chi connectivity index (χ3n) is 4.21. The molecule has 1 nitrogen and oxygen atoms in total. The van der Waals surface area contributed by atoms with Crippen molar-refractivity contribution in [2.45, 2.75) is 84.1 Å². The fraction of sp³-hybridized carbons (Fsp3) is 1.00. The Bertz CT molecular complexity index is 195. The summed E-state index contributed by atoms with van der Waals surface area (Å²) in [6.07, 6.45) is 11.0. The lowest BCUT2D eigenvalue weighted by Gasteiger charge is -2.28. The highest BCUT2D eigenvalue weighted by Gasteiger charge is 2.23. The summed E-state index contributed by atoms with van der Waals surface area (Å²) in [4.78, 5) is 0. The van der Waals surface area contributed by atoms with Crippen LogP contribution in [0.4, 0.5) is 0 Å². The van der Waals surface area contributed by atoms with Gasteiger partial charge in [0.1, 0.15) is 0 Å². The summed E-state index contributed by atoms with van der Waals surface area (Å²) in [7, 11) is -0.366. The van der Waals surface area contributed by atoms with Gasteiger partial charge >= 0.3 is 0 Å². The van der Waals surface area contributed by atoms with E-state index in [9.17, 15) is 0 Å². The summed E-state index contributed by atoms with van der Waals surface area (Å²) in [5, 5.41) is 1.62. The predicted molar refractivity (Wildman–Crippen MR) is 94.1 cm³/mol. The summed E-state index contributed by atoms with van der Waals surface area (Å²) < 4.78 is 5.95. The minimum atomic E-state index is -0.366. The van der Waals surface area contributed by atoms with E-state index in [1.807, 2.05) is 0 Å². The van der Waals surface area contributed by atoms with Crippen LogP contribution in [-0.4, -0.2) is 21.7 Å². The van der Waals surface area contributed by atoms with Gasteiger partial charge in [0.2, 0.25) is 0 Å². The van der Waals surface area contributed by atoms with Gasteiger partial charge in [-0.15, -0.1) is 0 Å². The molecule has 0 unspecified atom stereocenters. The van der Waals surface area contributed by atoms with Crippen LogP contribution >= 0.6 is 15.9 Å². The summed E-state index contributed by atoms with van der Waals surface area (Å²) in [6.45, 7) is 10.3. The highest BCUT2D eigenvalue weighted by molar-refractivity contribution is 9.09. The molecule has 0 radical (unpaired) electrons. The fourth-order valence-electron chi connectivity index (χ4n) is 1.86. The quantitative estimate of drug-likeness (QED) is 0.243. The first kappa shape index (κ1) is 19.7. The molecule has 0 spiro atoms. The van der Waals surface area contributed by atoms with Gasteiger partial charge in [0.25, 0.3) is 0 Å². The monoisotopic (exact) mass is 350 g/mol. The summed E-state index contributed by atoms with van der Waals surface area (Å²) in [5.74, 6) is 0.749. The molecule has 0 atom stereocenters. The third kappa shape index (κ3) is 12.1. The van der Waals surface area contributed by atoms with Gasteiger partial charge in [-0.3, -0.25) is 0 Å². The van der Waals surface area contributed by atoms with Gasteiger partial charge in [0.15, 0.2) is 9.76 Å². The lowest BCUT2D eigenvalue weighted by Crippen LogP contribution is -2.22. The maximum Gasteiger partial charge on any atom is 0.167 e. The highest BCUT2D eigenvalue weighted by Crippen LogP contribution is 2.32. The molecule has 3 heteroatoms. The van der Waals surface area contributed by atoms with Crippen molar-refractivity contribution >= 4 is 25.7 Å². The minimum Gasteiger partial charge on any atom is -0.423 e. The number of unbranched alkanes of at least 4 members (excludes halogenated alkanes) is 7. The molecule has 116 valence electrons. The number of rotatable bonds is 13. The molecule has 0 N–H and O–H groups in total. The first-order valence-electron chi connectivity index (χ1n) is 8.14. The number of halogens is 1. The Labute approximate surface area is 132 Å². The summed E-state index contributed by atoms with van der Waals surface area (Å²) in [6, 6.07) is 0. The zero-order valence-electron chi connectivity index (χ0n) is 13.6. The highest BCUT2D eigenvalue weighted by atomic mass is 79.9. The number of alkyl halides is 1. The maximum atomic E-state index is 5.95. The average molecular weight is 351 g/mol. The van der Waals surface area contributed by atoms with E-state index in [2.05, 4.69) is 43.6 Å². The van der Waals surface area contributed by atoms with Crippen LogP contribution in [0, 0.1) is 5.92 Å². The van der Waals surface area contributed by atoms with Crippen LogP contribution in [0.3, 0.4) is 0 Å². The second-order valence-electron chi connectivity index (χ2n) is 6.71. The molecule has 0 saturated carbocycles. The standard InChI is InChI=1S/C16H35BrOSi/c1-15(2)16(3,4)19-18-14-12-10-8-6-5-7-9-11-13-17/h15H,5-14,19H2,1-4H3. The van der Waals surface area contributed by atoms with Crippen LogP contribution in [0.15, 0.2) is 0 Å². The average Bonchev–Trinajstić information content (AvgIpc) is 2.35. The molecule has 0 aromatic rings. The SMILES string of the molecule is CC(C)C(C)(C)[SiH2]OCCCCCCCCCCBr. The zero-order chi connectivity index (χ0) is 14.6. The van der Waals surface area contributed by atoms with Crippen molar-refractivity contribution in [1.82, 2.24) is 0 Å². The van der Waals surface area contributed by atoms with E-state index in [1.54, 1.807) is 0 Å². The van der Waals surface area contributed by atoms with Gasteiger partial charge in [0, 0.05) is 11.9 Å². The van der Waals surface area contributed by atoms with Crippen LogP contribution in [0.25, 0.3) is 0 Å². The van der Waals surface area contributed by atoms with Gasteiger partial charge in [-0.25, -0.2) is 0 Å². The van der Waals surface area contributed by atoms with E-state index in [1.165, 1.54) is 56.7 Å². The smallest absolute Gasteiger partial charge is 0.167 e. The summed E-state index contributed by atoms with van der Waals surface area (Å²) in [5.41, 5.74) is 0. The Morgan fingerprint density at radius 1 is 0.895 bits per heavy atom. The zero-order valence-corrected chi connectivity index (χ0v) is 16.6. The molecule has 0 aliphatic rings. The van der Waals surface area contributed by atoms with Crippen LogP contribution < -0.4 is 0 Å². The van der Waals surface area contributed by atoms with Gasteiger partial charge in [-0.05, 0) is 23.8 Å². The Morgan fingerprint density at radius 2 is 1.37 bits per heavy atom. The predicted octanol–water partition coefficient (Wildman–Crippen LogP) is 5.46. The number of hydrogen-bond acceptors (Lipinski definition) is 1. The van der Waals surface area contributed by atoms with Crippen molar-refractivity contribution in [3.8, 4) is 0 Å². The van der Waals surface area contributed by atoms with E-state index < -0.39 is 0 Å². The number of hydrogen-bond donors (Lipinski definition) is 0. The van der Waals surface area contributed by atoms with Crippen LogP contribution in [0.1, 0.15) is 79.1 Å². The van der Waals surface area contributed by atoms with E-state index >= 15 is 0 Å². The van der Waals surface area contributed by atoms with Gasteiger partial charge in [-0.2, -0.15) is 0 Å². The normalized spacial score (nSPS) is 12.9. The Kier molecular flexibility index (Phi) is 12.8. The molecular formula is C16H35BrOSi. The topological polar surface area (TPSA) is 9.23 Å². The van der Waals surface area contributed by atoms with Crippen LogP contribution in [0.2, 0.25) is 5.04 Å². The van der Waals surface area contributed by atoms with Crippen molar-refractivity contribution in [1.29, 1.82) is 0 Å². The van der Waals surface area contributed by atoms with Gasteiger partial charge in [0.05, 0.1) is 0 Å². The van der Waals surface area contributed by atoms with Crippen molar-refractivity contribution in [2.75, 3.05) is 11.9 Å². The first-order chi connectivity index (χ1) is 9.00. The maximum absolute atomic E-state index is 5.95. The van der Waals surface area contributed by atoms with Crippen molar-refractivity contribution < 1.29 is 4.43 Å². The molecule has 0 aliphatic carbocycles. The lowest BCUT2D eigenvalue weighted by atomic mass is 9.99. The van der Waals surface area contributed by atoms with Gasteiger partial charge in [-0.1, -0.05) is 82.1 Å². The van der Waals surface area contributed by atoms with E-state index in [-0.39, 0.29) is 9.76 Å². The summed E-state index contributed by atoms with van der Waals surface area (Å²) >= 11 is 3.48. The first-order valence-corrected chi connectivity index (χ1v) is 10.5. The molecule has 0 aromatic heterocycles. The van der Waals surface area contributed by atoms with Crippen LogP contribution in [0.5, 0.6) is 0 Å². The van der Waals surface area contributed by atoms with Crippen molar-refractivity contribution in [3.63, 3.8) is 0 Å². The lowest BCUT2D eigenvalue weighted by molar-refractivity contribution is 0.291. The second kappa shape index (κ2) is 12.4.